The molecule has 3 heterocycles. The molecular weight excluding hydrogens is 384 g/mol. The van der Waals surface area contributed by atoms with Crippen molar-refractivity contribution in [2.75, 3.05) is 44.8 Å². The number of aryl methyl sites for hydroxylation is 1. The van der Waals surface area contributed by atoms with Crippen molar-refractivity contribution in [1.82, 2.24) is 24.4 Å². The number of hydrogen-bond donors (Lipinski definition) is 0. The van der Waals surface area contributed by atoms with Gasteiger partial charge in [-0.3, -0.25) is 9.36 Å². The lowest BCUT2D eigenvalue weighted by molar-refractivity contribution is -0.133. The number of aromatic nitrogens is 4. The fraction of sp³-hybridized carbons (Fsp3) is 0.333. The maximum atomic E-state index is 12.5. The topological polar surface area (TPSA) is 85.6 Å². The smallest absolute Gasteiger partial charge is 0.260 e. The van der Waals surface area contributed by atoms with E-state index in [1.807, 2.05) is 46.9 Å². The Labute approximate surface area is 174 Å². The second-order valence-corrected chi connectivity index (χ2v) is 6.91. The quantitative estimate of drug-likeness (QED) is 0.614. The van der Waals surface area contributed by atoms with Gasteiger partial charge < -0.3 is 19.3 Å². The van der Waals surface area contributed by atoms with Gasteiger partial charge in [-0.2, -0.15) is 0 Å². The number of hydrogen-bond acceptors (Lipinski definition) is 7. The first-order chi connectivity index (χ1) is 14.6. The highest BCUT2D eigenvalue weighted by molar-refractivity contribution is 5.78. The van der Waals surface area contributed by atoms with E-state index in [4.69, 9.17) is 9.47 Å². The van der Waals surface area contributed by atoms with Crippen LogP contribution in [0.1, 0.15) is 5.82 Å². The Morgan fingerprint density at radius 2 is 1.80 bits per heavy atom. The minimum absolute atomic E-state index is 0.00469. The molecule has 0 aliphatic carbocycles. The Morgan fingerprint density at radius 1 is 1.03 bits per heavy atom. The number of imidazole rings is 1. The Morgan fingerprint density at radius 3 is 2.53 bits per heavy atom. The lowest BCUT2D eigenvalue weighted by atomic mass is 10.3. The van der Waals surface area contributed by atoms with Crippen molar-refractivity contribution < 1.29 is 14.3 Å². The van der Waals surface area contributed by atoms with Crippen LogP contribution in [0.2, 0.25) is 0 Å². The molecule has 2 aromatic heterocycles. The van der Waals surface area contributed by atoms with E-state index in [2.05, 4.69) is 19.9 Å². The largest absolute Gasteiger partial charge is 0.497 e. The van der Waals surface area contributed by atoms with Gasteiger partial charge in [-0.25, -0.2) is 15.0 Å². The van der Waals surface area contributed by atoms with Gasteiger partial charge in [-0.15, -0.1) is 0 Å². The molecule has 1 fully saturated rings. The third-order valence-electron chi connectivity index (χ3n) is 5.07. The summed E-state index contributed by atoms with van der Waals surface area (Å²) < 4.78 is 12.7. The lowest BCUT2D eigenvalue weighted by Crippen LogP contribution is -2.50. The number of benzene rings is 1. The molecule has 4 rings (SSSR count). The molecule has 0 bridgehead atoms. The number of methoxy groups -OCH3 is 1. The zero-order valence-electron chi connectivity index (χ0n) is 17.1. The summed E-state index contributed by atoms with van der Waals surface area (Å²) in [7, 11) is 1.60. The number of amides is 1. The van der Waals surface area contributed by atoms with E-state index in [1.165, 1.54) is 0 Å². The first kappa shape index (κ1) is 19.7. The molecule has 1 saturated heterocycles. The fourth-order valence-corrected chi connectivity index (χ4v) is 3.37. The van der Waals surface area contributed by atoms with Gasteiger partial charge in [0.1, 0.15) is 35.3 Å². The Kier molecular flexibility index (Phi) is 5.78. The number of carbonyl (C=O) groups excluding carboxylic acids is 1. The maximum Gasteiger partial charge on any atom is 0.260 e. The maximum absolute atomic E-state index is 12.5. The Hall–Kier alpha value is -3.62. The van der Waals surface area contributed by atoms with Crippen LogP contribution in [-0.2, 0) is 4.79 Å². The van der Waals surface area contributed by atoms with Crippen LogP contribution in [-0.4, -0.2) is 70.2 Å². The van der Waals surface area contributed by atoms with Gasteiger partial charge in [0, 0.05) is 50.7 Å². The van der Waals surface area contributed by atoms with Gasteiger partial charge in [0.15, 0.2) is 6.61 Å². The molecule has 156 valence electrons. The fourth-order valence-electron chi connectivity index (χ4n) is 3.37. The standard InChI is InChI=1S/C21H24N6O3/c1-16-22-6-7-27(16)20-13-19(23-15-24-20)25-8-10-26(11-9-25)21(28)14-30-18-5-3-4-17(12-18)29-2/h3-7,12-13,15H,8-11,14H2,1-2H3. The third kappa shape index (κ3) is 4.35. The number of carbonyl (C=O) groups is 1. The molecule has 9 heteroatoms. The van der Waals surface area contributed by atoms with Crippen LogP contribution in [0.4, 0.5) is 5.82 Å². The normalized spacial score (nSPS) is 13.9. The predicted octanol–water partition coefficient (Wildman–Crippen LogP) is 1.71. The minimum Gasteiger partial charge on any atom is -0.497 e. The zero-order valence-corrected chi connectivity index (χ0v) is 17.1. The van der Waals surface area contributed by atoms with E-state index >= 15 is 0 Å². The average Bonchev–Trinajstić information content (AvgIpc) is 3.23. The van der Waals surface area contributed by atoms with Crippen molar-refractivity contribution in [3.63, 3.8) is 0 Å². The first-order valence-electron chi connectivity index (χ1n) is 9.76. The molecule has 1 amide bonds. The van der Waals surface area contributed by atoms with E-state index in [-0.39, 0.29) is 12.5 Å². The summed E-state index contributed by atoms with van der Waals surface area (Å²) in [4.78, 5) is 29.5. The molecule has 1 aliphatic heterocycles. The van der Waals surface area contributed by atoms with Crippen LogP contribution in [0.5, 0.6) is 11.5 Å². The molecule has 0 saturated carbocycles. The number of ether oxygens (including phenoxy) is 2. The second-order valence-electron chi connectivity index (χ2n) is 6.91. The monoisotopic (exact) mass is 408 g/mol. The Balaban J connectivity index is 1.32. The highest BCUT2D eigenvalue weighted by atomic mass is 16.5. The van der Waals surface area contributed by atoms with Crippen LogP contribution in [0, 0.1) is 6.92 Å². The molecule has 9 nitrogen and oxygen atoms in total. The summed E-state index contributed by atoms with van der Waals surface area (Å²) in [6.07, 6.45) is 5.18. The van der Waals surface area contributed by atoms with Gasteiger partial charge in [0.2, 0.25) is 0 Å². The summed E-state index contributed by atoms with van der Waals surface area (Å²) in [5, 5.41) is 0. The summed E-state index contributed by atoms with van der Waals surface area (Å²) in [6, 6.07) is 9.18. The van der Waals surface area contributed by atoms with E-state index in [0.29, 0.717) is 37.7 Å². The molecule has 0 radical (unpaired) electrons. The Bertz CT molecular complexity index is 1010. The van der Waals surface area contributed by atoms with Gasteiger partial charge in [-0.05, 0) is 19.1 Å². The molecule has 0 unspecified atom stereocenters. The molecule has 0 spiro atoms. The predicted molar refractivity (Wildman–Crippen MR) is 111 cm³/mol. The molecule has 3 aromatic rings. The van der Waals surface area contributed by atoms with Crippen LogP contribution in [0.25, 0.3) is 5.82 Å². The van der Waals surface area contributed by atoms with Gasteiger partial charge in [-0.1, -0.05) is 6.07 Å². The third-order valence-corrected chi connectivity index (χ3v) is 5.07. The summed E-state index contributed by atoms with van der Waals surface area (Å²) in [6.45, 7) is 4.56. The summed E-state index contributed by atoms with van der Waals surface area (Å²) in [5.41, 5.74) is 0. The van der Waals surface area contributed by atoms with E-state index < -0.39 is 0 Å². The van der Waals surface area contributed by atoms with Crippen LogP contribution in [0.15, 0.2) is 49.1 Å². The highest BCUT2D eigenvalue weighted by Gasteiger charge is 2.22. The van der Waals surface area contributed by atoms with Crippen molar-refractivity contribution in [3.05, 3.63) is 54.9 Å². The number of nitrogens with zero attached hydrogens (tertiary/aromatic N) is 6. The highest BCUT2D eigenvalue weighted by Crippen LogP contribution is 2.20. The lowest BCUT2D eigenvalue weighted by Gasteiger charge is -2.35. The number of anilines is 1. The van der Waals surface area contributed by atoms with E-state index in [0.717, 1.165) is 17.5 Å². The minimum atomic E-state index is -0.0325. The summed E-state index contributed by atoms with van der Waals surface area (Å²) >= 11 is 0. The molecule has 0 N–H and O–H groups in total. The van der Waals surface area contributed by atoms with Crippen molar-refractivity contribution >= 4 is 11.7 Å². The van der Waals surface area contributed by atoms with Crippen LogP contribution < -0.4 is 14.4 Å². The van der Waals surface area contributed by atoms with E-state index in [9.17, 15) is 4.79 Å². The van der Waals surface area contributed by atoms with Gasteiger partial charge >= 0.3 is 0 Å². The number of piperazine rings is 1. The first-order valence-corrected chi connectivity index (χ1v) is 9.76. The van der Waals surface area contributed by atoms with Crippen LogP contribution in [0.3, 0.4) is 0 Å². The number of rotatable bonds is 6. The molecule has 1 aromatic carbocycles. The summed E-state index contributed by atoms with van der Waals surface area (Å²) in [5.74, 6) is 3.77. The van der Waals surface area contributed by atoms with Crippen molar-refractivity contribution in [3.8, 4) is 17.3 Å². The van der Waals surface area contributed by atoms with Gasteiger partial charge in [0.25, 0.3) is 5.91 Å². The van der Waals surface area contributed by atoms with E-state index in [1.54, 1.807) is 25.7 Å². The average molecular weight is 408 g/mol. The molecule has 0 atom stereocenters. The van der Waals surface area contributed by atoms with Gasteiger partial charge in [0.05, 0.1) is 7.11 Å². The van der Waals surface area contributed by atoms with Crippen molar-refractivity contribution in [1.29, 1.82) is 0 Å². The SMILES string of the molecule is COc1cccc(OCC(=O)N2CCN(c3cc(-n4ccnc4C)ncn3)CC2)c1. The van der Waals surface area contributed by atoms with Crippen molar-refractivity contribution in [2.24, 2.45) is 0 Å². The molecule has 30 heavy (non-hydrogen) atoms. The second kappa shape index (κ2) is 8.81. The zero-order chi connectivity index (χ0) is 20.9. The molecular formula is C21H24N6O3. The van der Waals surface area contributed by atoms with Crippen molar-refractivity contribution in [2.45, 2.75) is 6.92 Å². The molecule has 1 aliphatic rings. The van der Waals surface area contributed by atoms with Crippen LogP contribution >= 0.6 is 0 Å².